The lowest BCUT2D eigenvalue weighted by atomic mass is 9.98. The Morgan fingerprint density at radius 3 is 2.91 bits per heavy atom. The predicted molar refractivity (Wildman–Crippen MR) is 90.9 cm³/mol. The number of carbonyl (C=O) groups excluding carboxylic acids is 2. The van der Waals surface area contributed by atoms with Gasteiger partial charge in [-0.25, -0.2) is 4.79 Å². The highest BCUT2D eigenvalue weighted by Gasteiger charge is 2.34. The predicted octanol–water partition coefficient (Wildman–Crippen LogP) is 2.31. The number of hydrogen-bond donors (Lipinski definition) is 1. The summed E-state index contributed by atoms with van der Waals surface area (Å²) in [6.07, 6.45) is 0.967. The maximum Gasteiger partial charge on any atom is 0.324 e. The number of urea groups is 1. The van der Waals surface area contributed by atoms with Crippen LogP contribution in [0, 0.1) is 0 Å². The molecule has 2 aromatic rings. The first-order valence-corrected chi connectivity index (χ1v) is 9.42. The summed E-state index contributed by atoms with van der Waals surface area (Å²) >= 11 is 3.51. The first-order valence-electron chi connectivity index (χ1n) is 7.66. The van der Waals surface area contributed by atoms with E-state index in [1.54, 1.807) is 22.7 Å². The Labute approximate surface area is 142 Å². The van der Waals surface area contributed by atoms with Crippen LogP contribution in [-0.4, -0.2) is 47.9 Å². The standard InChI is InChI=1S/C16H17N3O2S2/c20-14(19-7-5-17-16(19)21)10-18-6-3-12-11(4-9-23-12)15(18)13-2-1-8-22-13/h1-2,4,8-9,15H,3,5-7,10H2,(H,17,21)/t15-/m0/s1. The van der Waals surface area contributed by atoms with Crippen LogP contribution < -0.4 is 5.32 Å². The van der Waals surface area contributed by atoms with E-state index >= 15 is 0 Å². The summed E-state index contributed by atoms with van der Waals surface area (Å²) in [5.74, 6) is -0.111. The molecule has 1 atom stereocenters. The van der Waals surface area contributed by atoms with Crippen molar-refractivity contribution in [2.75, 3.05) is 26.2 Å². The molecule has 2 aromatic heterocycles. The second-order valence-electron chi connectivity index (χ2n) is 5.71. The largest absolute Gasteiger partial charge is 0.336 e. The third kappa shape index (κ3) is 2.69. The molecule has 4 heterocycles. The highest BCUT2D eigenvalue weighted by molar-refractivity contribution is 7.10. The Hall–Kier alpha value is -1.70. The zero-order chi connectivity index (χ0) is 15.8. The number of hydrogen-bond acceptors (Lipinski definition) is 5. The fraction of sp³-hybridized carbons (Fsp3) is 0.375. The van der Waals surface area contributed by atoms with E-state index in [2.05, 4.69) is 39.2 Å². The molecule has 3 amide bonds. The van der Waals surface area contributed by atoms with Gasteiger partial charge in [0.1, 0.15) is 0 Å². The molecule has 1 fully saturated rings. The van der Waals surface area contributed by atoms with Gasteiger partial charge in [-0.05, 0) is 34.9 Å². The summed E-state index contributed by atoms with van der Waals surface area (Å²) in [5, 5.41) is 6.89. The molecule has 5 nitrogen and oxygen atoms in total. The molecule has 7 heteroatoms. The van der Waals surface area contributed by atoms with Gasteiger partial charge in [0.05, 0.1) is 12.6 Å². The number of rotatable bonds is 3. The minimum Gasteiger partial charge on any atom is -0.336 e. The number of carbonyl (C=O) groups is 2. The molecule has 4 rings (SSSR count). The molecule has 2 aliphatic heterocycles. The molecule has 0 spiro atoms. The van der Waals surface area contributed by atoms with Crippen LogP contribution in [0.2, 0.25) is 0 Å². The number of amides is 3. The van der Waals surface area contributed by atoms with Gasteiger partial charge >= 0.3 is 6.03 Å². The summed E-state index contributed by atoms with van der Waals surface area (Å²) < 4.78 is 0. The molecule has 1 saturated heterocycles. The van der Waals surface area contributed by atoms with Crippen molar-refractivity contribution < 1.29 is 9.59 Å². The summed E-state index contributed by atoms with van der Waals surface area (Å²) in [6.45, 7) is 2.15. The average molecular weight is 347 g/mol. The first kappa shape index (κ1) is 14.9. The summed E-state index contributed by atoms with van der Waals surface area (Å²) in [4.78, 5) is 30.4. The molecule has 0 unspecified atom stereocenters. The molecule has 1 N–H and O–H groups in total. The van der Waals surface area contributed by atoms with Crippen molar-refractivity contribution in [1.82, 2.24) is 15.1 Å². The zero-order valence-electron chi connectivity index (χ0n) is 12.5. The number of nitrogens with one attached hydrogen (secondary N) is 1. The second-order valence-corrected chi connectivity index (χ2v) is 7.69. The van der Waals surface area contributed by atoms with E-state index < -0.39 is 0 Å². The van der Waals surface area contributed by atoms with Crippen molar-refractivity contribution in [3.63, 3.8) is 0 Å². The van der Waals surface area contributed by atoms with Gasteiger partial charge in [-0.1, -0.05) is 6.07 Å². The van der Waals surface area contributed by atoms with Crippen LogP contribution >= 0.6 is 22.7 Å². The maximum absolute atomic E-state index is 12.5. The van der Waals surface area contributed by atoms with Crippen LogP contribution in [0.4, 0.5) is 4.79 Å². The van der Waals surface area contributed by atoms with Crippen LogP contribution in [0.15, 0.2) is 29.0 Å². The van der Waals surface area contributed by atoms with E-state index in [4.69, 9.17) is 0 Å². The zero-order valence-corrected chi connectivity index (χ0v) is 14.2. The molecule has 2 aliphatic rings. The number of imide groups is 1. The first-order chi connectivity index (χ1) is 11.2. The van der Waals surface area contributed by atoms with E-state index in [9.17, 15) is 9.59 Å². The van der Waals surface area contributed by atoms with E-state index in [0.717, 1.165) is 13.0 Å². The Kier molecular flexibility index (Phi) is 3.92. The fourth-order valence-corrected chi connectivity index (χ4v) is 5.07. The van der Waals surface area contributed by atoms with Crippen molar-refractivity contribution in [3.8, 4) is 0 Å². The van der Waals surface area contributed by atoms with Crippen molar-refractivity contribution >= 4 is 34.6 Å². The molecule has 23 heavy (non-hydrogen) atoms. The summed E-state index contributed by atoms with van der Waals surface area (Å²) in [5.41, 5.74) is 1.31. The van der Waals surface area contributed by atoms with Gasteiger partial charge < -0.3 is 5.32 Å². The van der Waals surface area contributed by atoms with E-state index in [1.165, 1.54) is 20.2 Å². The quantitative estimate of drug-likeness (QED) is 0.927. The van der Waals surface area contributed by atoms with Crippen LogP contribution in [-0.2, 0) is 11.2 Å². The highest BCUT2D eigenvalue weighted by Crippen LogP contribution is 2.39. The molecule has 0 radical (unpaired) electrons. The Morgan fingerprint density at radius 2 is 2.17 bits per heavy atom. The SMILES string of the molecule is O=C(CN1CCc2sccc2[C@H]1c1cccs1)N1CCNC1=O. The van der Waals surface area contributed by atoms with Crippen LogP contribution in [0.25, 0.3) is 0 Å². The Balaban J connectivity index is 1.60. The van der Waals surface area contributed by atoms with Crippen LogP contribution in [0.5, 0.6) is 0 Å². The van der Waals surface area contributed by atoms with Gasteiger partial charge in [-0.3, -0.25) is 14.6 Å². The summed E-state index contributed by atoms with van der Waals surface area (Å²) in [6, 6.07) is 6.20. The van der Waals surface area contributed by atoms with Crippen molar-refractivity contribution in [3.05, 3.63) is 44.3 Å². The van der Waals surface area contributed by atoms with Gasteiger partial charge in [0.25, 0.3) is 0 Å². The number of fused-ring (bicyclic) bond motifs is 1. The highest BCUT2D eigenvalue weighted by atomic mass is 32.1. The lowest BCUT2D eigenvalue weighted by Crippen LogP contribution is -2.45. The normalized spacial score (nSPS) is 21.3. The molecule has 0 saturated carbocycles. The third-order valence-corrected chi connectivity index (χ3v) is 6.30. The van der Waals surface area contributed by atoms with E-state index in [1.807, 2.05) is 0 Å². The molecule has 0 aliphatic carbocycles. The minimum absolute atomic E-state index is 0.111. The second kappa shape index (κ2) is 6.07. The minimum atomic E-state index is -0.268. The van der Waals surface area contributed by atoms with Crippen molar-refractivity contribution in [2.24, 2.45) is 0 Å². The van der Waals surface area contributed by atoms with Crippen LogP contribution in [0.1, 0.15) is 21.4 Å². The molecule has 120 valence electrons. The monoisotopic (exact) mass is 347 g/mol. The van der Waals surface area contributed by atoms with Gasteiger partial charge in [0.2, 0.25) is 5.91 Å². The smallest absolute Gasteiger partial charge is 0.324 e. The van der Waals surface area contributed by atoms with Crippen molar-refractivity contribution in [2.45, 2.75) is 12.5 Å². The fourth-order valence-electron chi connectivity index (χ4n) is 3.29. The van der Waals surface area contributed by atoms with Gasteiger partial charge in [-0.2, -0.15) is 0 Å². The maximum atomic E-state index is 12.5. The Morgan fingerprint density at radius 1 is 1.26 bits per heavy atom. The van der Waals surface area contributed by atoms with Crippen molar-refractivity contribution in [1.29, 1.82) is 0 Å². The summed E-state index contributed by atoms with van der Waals surface area (Å²) in [7, 11) is 0. The average Bonchev–Trinajstić information content (AvgIpc) is 3.27. The van der Waals surface area contributed by atoms with Gasteiger partial charge in [-0.15, -0.1) is 22.7 Å². The number of thiophene rings is 2. The van der Waals surface area contributed by atoms with Gasteiger partial charge in [0.15, 0.2) is 0 Å². The molecule has 0 bridgehead atoms. The topological polar surface area (TPSA) is 52.7 Å². The molecular weight excluding hydrogens is 330 g/mol. The van der Waals surface area contributed by atoms with Gasteiger partial charge in [0, 0.05) is 29.4 Å². The third-order valence-electron chi connectivity index (χ3n) is 4.37. The van der Waals surface area contributed by atoms with Crippen LogP contribution in [0.3, 0.4) is 0 Å². The number of nitrogens with zero attached hydrogens (tertiary/aromatic N) is 2. The lowest BCUT2D eigenvalue weighted by molar-refractivity contribution is -0.129. The lowest BCUT2D eigenvalue weighted by Gasteiger charge is -2.35. The molecular formula is C16H17N3O2S2. The van der Waals surface area contributed by atoms with E-state index in [-0.39, 0.29) is 24.5 Å². The van der Waals surface area contributed by atoms with E-state index in [0.29, 0.717) is 13.1 Å². The molecule has 0 aromatic carbocycles. The Bertz CT molecular complexity index is 726.